The minimum Gasteiger partial charge on any atom is -0.448 e. The van der Waals surface area contributed by atoms with E-state index in [2.05, 4.69) is 11.2 Å². The van der Waals surface area contributed by atoms with Crippen LogP contribution in [0.25, 0.3) is 0 Å². The van der Waals surface area contributed by atoms with Crippen molar-refractivity contribution in [3.05, 3.63) is 23.0 Å². The first-order valence-electron chi connectivity index (χ1n) is 2.50. The molecule has 0 atom stereocenters. The van der Waals surface area contributed by atoms with Gasteiger partial charge < -0.3 is 10.7 Å². The molecule has 0 unspecified atom stereocenters. The Labute approximate surface area is 78.4 Å². The van der Waals surface area contributed by atoms with Crippen molar-refractivity contribution in [1.29, 1.82) is 0 Å². The number of halogens is 1. The second-order valence-corrected chi connectivity index (χ2v) is 2.16. The molecule has 1 heterocycles. The summed E-state index contributed by atoms with van der Waals surface area (Å²) in [6.07, 6.45) is 4.16. The van der Waals surface area contributed by atoms with Crippen LogP contribution in [0.2, 0.25) is 5.02 Å². The van der Waals surface area contributed by atoms with Gasteiger partial charge in [-0.2, -0.15) is 0 Å². The standard InChI is InChI=1S/C6H6ClN2.Re/c1-4-2-9-3-5(7)6(4)8;/h2H,1H3,(H2,8,9);/q-1;. The molecular formula is C6H6ClN2Re-. The molecule has 1 rings (SSSR count). The van der Waals surface area contributed by atoms with Gasteiger partial charge in [-0.1, -0.05) is 25.0 Å². The topological polar surface area (TPSA) is 38.9 Å². The fraction of sp³-hybridized carbons (Fsp3) is 0.167. The van der Waals surface area contributed by atoms with Crippen LogP contribution >= 0.6 is 11.6 Å². The predicted molar refractivity (Wildman–Crippen MR) is 37.2 cm³/mol. The zero-order chi connectivity index (χ0) is 6.85. The second-order valence-electron chi connectivity index (χ2n) is 1.78. The summed E-state index contributed by atoms with van der Waals surface area (Å²) < 4.78 is 0. The molecule has 0 aliphatic rings. The summed E-state index contributed by atoms with van der Waals surface area (Å²) >= 11 is 5.57. The Morgan fingerprint density at radius 3 is 2.70 bits per heavy atom. The SMILES string of the molecule is Cc1cn[c-]c(Cl)c1N.[Re]. The molecule has 2 nitrogen and oxygen atoms in total. The Morgan fingerprint density at radius 2 is 2.30 bits per heavy atom. The van der Waals surface area contributed by atoms with E-state index in [0.29, 0.717) is 10.7 Å². The van der Waals surface area contributed by atoms with E-state index >= 15 is 0 Å². The molecule has 0 saturated heterocycles. The summed E-state index contributed by atoms with van der Waals surface area (Å²) in [6, 6.07) is 0. The second kappa shape index (κ2) is 3.92. The number of nitrogens with zero attached hydrogens (tertiary/aromatic N) is 1. The van der Waals surface area contributed by atoms with Gasteiger partial charge >= 0.3 is 0 Å². The van der Waals surface area contributed by atoms with Gasteiger partial charge in [0.2, 0.25) is 0 Å². The maximum absolute atomic E-state index is 5.57. The zero-order valence-electron chi connectivity index (χ0n) is 5.36. The fourth-order valence-corrected chi connectivity index (χ4v) is 0.686. The molecule has 0 aliphatic heterocycles. The fourth-order valence-electron chi connectivity index (χ4n) is 0.489. The molecule has 0 saturated carbocycles. The molecule has 4 heteroatoms. The zero-order valence-corrected chi connectivity index (χ0v) is 8.83. The van der Waals surface area contributed by atoms with Crippen LogP contribution in [0.15, 0.2) is 6.20 Å². The van der Waals surface area contributed by atoms with Crippen molar-refractivity contribution in [1.82, 2.24) is 4.98 Å². The third kappa shape index (κ3) is 1.95. The summed E-state index contributed by atoms with van der Waals surface area (Å²) in [7, 11) is 0. The van der Waals surface area contributed by atoms with Gasteiger partial charge in [-0.3, -0.25) is 0 Å². The average molecular weight is 328 g/mol. The third-order valence-electron chi connectivity index (χ3n) is 1.08. The molecule has 0 spiro atoms. The number of pyridine rings is 1. The van der Waals surface area contributed by atoms with Crippen molar-refractivity contribution in [2.24, 2.45) is 0 Å². The normalized spacial score (nSPS) is 8.60. The number of nitrogen functional groups attached to an aromatic ring is 1. The Bertz CT molecular complexity index is 207. The average Bonchev–Trinajstić information content (AvgIpc) is 1.83. The van der Waals surface area contributed by atoms with Gasteiger partial charge in [0.05, 0.1) is 0 Å². The summed E-state index contributed by atoms with van der Waals surface area (Å²) in [4.78, 5) is 3.71. The van der Waals surface area contributed by atoms with E-state index in [4.69, 9.17) is 17.3 Å². The number of nitrogens with two attached hydrogens (primary N) is 1. The molecule has 0 aliphatic carbocycles. The smallest absolute Gasteiger partial charge is 0 e. The van der Waals surface area contributed by atoms with Crippen LogP contribution in [0.4, 0.5) is 5.69 Å². The van der Waals surface area contributed by atoms with Crippen LogP contribution in [0.3, 0.4) is 0 Å². The quantitative estimate of drug-likeness (QED) is 0.732. The van der Waals surface area contributed by atoms with Gasteiger partial charge in [0.1, 0.15) is 0 Å². The number of hydrogen-bond acceptors (Lipinski definition) is 2. The summed E-state index contributed by atoms with van der Waals surface area (Å²) in [5.41, 5.74) is 6.93. The molecule has 55 valence electrons. The van der Waals surface area contributed by atoms with Gasteiger partial charge in [0.25, 0.3) is 0 Å². The van der Waals surface area contributed by atoms with Crippen molar-refractivity contribution in [3.8, 4) is 0 Å². The molecule has 2 N–H and O–H groups in total. The van der Waals surface area contributed by atoms with Crippen molar-refractivity contribution >= 4 is 17.3 Å². The maximum atomic E-state index is 5.57. The van der Waals surface area contributed by atoms with E-state index in [0.717, 1.165) is 5.56 Å². The van der Waals surface area contributed by atoms with Crippen LogP contribution in [-0.2, 0) is 20.4 Å². The van der Waals surface area contributed by atoms with E-state index in [1.54, 1.807) is 6.20 Å². The van der Waals surface area contributed by atoms with Crippen molar-refractivity contribution in [3.63, 3.8) is 0 Å². The first-order valence-corrected chi connectivity index (χ1v) is 2.88. The van der Waals surface area contributed by atoms with Crippen molar-refractivity contribution in [2.45, 2.75) is 6.92 Å². The number of anilines is 1. The molecular weight excluding hydrogens is 322 g/mol. The number of aryl methyl sites for hydroxylation is 1. The number of hydrogen-bond donors (Lipinski definition) is 1. The van der Waals surface area contributed by atoms with E-state index in [1.165, 1.54) is 0 Å². The van der Waals surface area contributed by atoms with E-state index in [-0.39, 0.29) is 20.4 Å². The number of rotatable bonds is 0. The van der Waals surface area contributed by atoms with Crippen LogP contribution in [0.1, 0.15) is 5.56 Å². The minimum atomic E-state index is 0. The van der Waals surface area contributed by atoms with Gasteiger partial charge in [-0.15, -0.1) is 17.2 Å². The molecule has 0 fully saturated rings. The van der Waals surface area contributed by atoms with Crippen molar-refractivity contribution < 1.29 is 20.4 Å². The van der Waals surface area contributed by atoms with Crippen LogP contribution in [0.5, 0.6) is 0 Å². The summed E-state index contributed by atoms with van der Waals surface area (Å²) in [5.74, 6) is 0. The van der Waals surface area contributed by atoms with Crippen LogP contribution in [-0.4, -0.2) is 4.98 Å². The van der Waals surface area contributed by atoms with E-state index in [9.17, 15) is 0 Å². The Hall–Kier alpha value is -0.0977. The molecule has 1 aromatic rings. The Kier molecular flexibility index (Phi) is 3.89. The van der Waals surface area contributed by atoms with Gasteiger partial charge in [0.15, 0.2) is 0 Å². The van der Waals surface area contributed by atoms with E-state index < -0.39 is 0 Å². The summed E-state index contributed by atoms with van der Waals surface area (Å²) in [5, 5.41) is 0.398. The molecule has 0 bridgehead atoms. The molecule has 10 heavy (non-hydrogen) atoms. The first kappa shape index (κ1) is 9.90. The Morgan fingerprint density at radius 1 is 1.70 bits per heavy atom. The molecule has 1 radical (unpaired) electrons. The Balaban J connectivity index is 0.000000810. The minimum absolute atomic E-state index is 0. The monoisotopic (exact) mass is 328 g/mol. The van der Waals surface area contributed by atoms with Gasteiger partial charge in [-0.05, 0) is 5.02 Å². The molecule has 1 aromatic heterocycles. The third-order valence-corrected chi connectivity index (χ3v) is 1.37. The van der Waals surface area contributed by atoms with Gasteiger partial charge in [0, 0.05) is 20.4 Å². The van der Waals surface area contributed by atoms with Crippen LogP contribution in [0, 0.1) is 13.1 Å². The van der Waals surface area contributed by atoms with Gasteiger partial charge in [-0.25, -0.2) is 0 Å². The van der Waals surface area contributed by atoms with Crippen LogP contribution < -0.4 is 5.73 Å². The van der Waals surface area contributed by atoms with Crippen molar-refractivity contribution in [2.75, 3.05) is 5.73 Å². The summed E-state index contributed by atoms with van der Waals surface area (Å²) in [6.45, 7) is 1.85. The predicted octanol–water partition coefficient (Wildman–Crippen LogP) is 1.42. The maximum Gasteiger partial charge on any atom is 0 e. The molecule has 0 amide bonds. The number of aromatic nitrogens is 1. The first-order chi connectivity index (χ1) is 4.22. The van der Waals surface area contributed by atoms with E-state index in [1.807, 2.05) is 6.92 Å². The largest absolute Gasteiger partial charge is 0.448 e. The molecule has 0 aromatic carbocycles.